The Balaban J connectivity index is 1.51. The number of carbonyl (C=O) groups is 1. The minimum absolute atomic E-state index is 0.628. The van der Waals surface area contributed by atoms with E-state index in [1.807, 2.05) is 12.1 Å². The molecule has 5 heteroatoms. The number of carbonyl (C=O) groups excluding carboxylic acids is 1. The maximum absolute atomic E-state index is 11.2. The highest BCUT2D eigenvalue weighted by molar-refractivity contribution is 7.71. The van der Waals surface area contributed by atoms with Gasteiger partial charge in [0.1, 0.15) is 0 Å². The number of hydrogen-bond donors (Lipinski definition) is 1. The van der Waals surface area contributed by atoms with E-state index in [9.17, 15) is 4.79 Å². The van der Waals surface area contributed by atoms with Crippen molar-refractivity contribution < 1.29 is 4.79 Å². The third kappa shape index (κ3) is 5.74. The molecule has 4 rings (SSSR count). The van der Waals surface area contributed by atoms with E-state index in [0.29, 0.717) is 0 Å². The van der Waals surface area contributed by atoms with Gasteiger partial charge in [0.2, 0.25) is 0 Å². The van der Waals surface area contributed by atoms with Gasteiger partial charge in [0, 0.05) is 24.5 Å². The first-order chi connectivity index (χ1) is 15.6. The van der Waals surface area contributed by atoms with Crippen LogP contribution in [0.15, 0.2) is 84.9 Å². The molecule has 4 aromatic rings. The van der Waals surface area contributed by atoms with Crippen molar-refractivity contribution in [2.24, 2.45) is 0 Å². The van der Waals surface area contributed by atoms with Crippen LogP contribution in [-0.2, 0) is 12.8 Å². The smallest absolute Gasteiger partial charge is 0.160 e. The lowest BCUT2D eigenvalue weighted by molar-refractivity contribution is 0.112. The molecule has 0 saturated carbocycles. The molecular weight excluding hydrogens is 453 g/mol. The molecule has 162 valence electrons. The Bertz CT molecular complexity index is 1140. The Morgan fingerprint density at radius 3 is 2.12 bits per heavy atom. The second kappa shape index (κ2) is 11.0. The van der Waals surface area contributed by atoms with E-state index in [-0.39, 0.29) is 0 Å². The molecule has 0 spiro atoms. The Labute approximate surface area is 200 Å². The molecule has 0 fully saturated rings. The summed E-state index contributed by atoms with van der Waals surface area (Å²) in [4.78, 5) is 13.1. The maximum Gasteiger partial charge on any atom is 0.160 e. The fourth-order valence-corrected chi connectivity index (χ4v) is 6.77. The van der Waals surface area contributed by atoms with Crippen molar-refractivity contribution in [3.8, 4) is 0 Å². The van der Waals surface area contributed by atoms with E-state index in [1.165, 1.54) is 32.2 Å². The van der Waals surface area contributed by atoms with Crippen molar-refractivity contribution >= 4 is 47.9 Å². The quantitative estimate of drug-likeness (QED) is 0.226. The molecule has 1 heterocycles. The predicted molar refractivity (Wildman–Crippen MR) is 139 cm³/mol. The fraction of sp³-hybridized carbons (Fsp3) is 0.148. The van der Waals surface area contributed by atoms with Crippen LogP contribution >= 0.6 is 31.0 Å². The highest BCUT2D eigenvalue weighted by atomic mass is 35.5. The van der Waals surface area contributed by atoms with Crippen molar-refractivity contribution in [3.05, 3.63) is 116 Å². The zero-order valence-corrected chi connectivity index (χ0v) is 20.4. The summed E-state index contributed by atoms with van der Waals surface area (Å²) in [5, 5.41) is 7.20. The largest absolute Gasteiger partial charge is 0.297 e. The SMILES string of the molecule is Cc1sc(C=O)cc1Cc1cc(Cl)ccc1CCNP(c1ccccc1)c1ccccc1. The summed E-state index contributed by atoms with van der Waals surface area (Å²) < 4.78 is 0. The second-order valence-electron chi connectivity index (χ2n) is 7.60. The summed E-state index contributed by atoms with van der Waals surface area (Å²) in [6, 6.07) is 29.5. The summed E-state index contributed by atoms with van der Waals surface area (Å²) in [5.74, 6) is 0. The average Bonchev–Trinajstić information content (AvgIpc) is 3.18. The summed E-state index contributed by atoms with van der Waals surface area (Å²) in [6.45, 7) is 2.94. The minimum atomic E-state index is -0.628. The van der Waals surface area contributed by atoms with Crippen LogP contribution in [0.2, 0.25) is 5.02 Å². The number of benzene rings is 3. The van der Waals surface area contributed by atoms with Crippen LogP contribution in [0.3, 0.4) is 0 Å². The molecule has 0 saturated heterocycles. The van der Waals surface area contributed by atoms with Crippen LogP contribution in [-0.4, -0.2) is 12.8 Å². The molecular formula is C27H25ClNOPS. The number of hydrogen-bond acceptors (Lipinski definition) is 3. The van der Waals surface area contributed by atoms with E-state index in [4.69, 9.17) is 11.6 Å². The van der Waals surface area contributed by atoms with Crippen molar-refractivity contribution in [3.63, 3.8) is 0 Å². The zero-order valence-electron chi connectivity index (χ0n) is 17.9. The van der Waals surface area contributed by atoms with Gasteiger partial charge in [-0.1, -0.05) is 78.3 Å². The third-order valence-electron chi connectivity index (χ3n) is 5.40. The van der Waals surface area contributed by atoms with Gasteiger partial charge in [0.05, 0.1) is 4.88 Å². The molecule has 1 N–H and O–H groups in total. The first kappa shape index (κ1) is 22.9. The topological polar surface area (TPSA) is 29.1 Å². The van der Waals surface area contributed by atoms with Crippen LogP contribution in [0.4, 0.5) is 0 Å². The third-order valence-corrected chi connectivity index (χ3v) is 8.82. The molecule has 1 aromatic heterocycles. The molecule has 2 nitrogen and oxygen atoms in total. The van der Waals surface area contributed by atoms with Crippen LogP contribution < -0.4 is 15.7 Å². The summed E-state index contributed by atoms with van der Waals surface area (Å²) in [5.41, 5.74) is 3.71. The number of aldehydes is 1. The van der Waals surface area contributed by atoms with E-state index >= 15 is 0 Å². The lowest BCUT2D eigenvalue weighted by Crippen LogP contribution is -2.25. The van der Waals surface area contributed by atoms with Crippen LogP contribution in [0, 0.1) is 6.92 Å². The highest BCUT2D eigenvalue weighted by Gasteiger charge is 2.14. The van der Waals surface area contributed by atoms with E-state index < -0.39 is 8.07 Å². The van der Waals surface area contributed by atoms with E-state index in [0.717, 1.165) is 35.6 Å². The molecule has 32 heavy (non-hydrogen) atoms. The van der Waals surface area contributed by atoms with Gasteiger partial charge in [-0.05, 0) is 65.3 Å². The van der Waals surface area contributed by atoms with Gasteiger partial charge in [-0.25, -0.2) is 0 Å². The normalized spacial score (nSPS) is 11.1. The van der Waals surface area contributed by atoms with E-state index in [1.54, 1.807) is 11.3 Å². The second-order valence-corrected chi connectivity index (χ2v) is 11.3. The van der Waals surface area contributed by atoms with Gasteiger partial charge in [0.15, 0.2) is 6.29 Å². The summed E-state index contributed by atoms with van der Waals surface area (Å²) >= 11 is 7.88. The van der Waals surface area contributed by atoms with Gasteiger partial charge < -0.3 is 0 Å². The molecule has 0 aliphatic carbocycles. The van der Waals surface area contributed by atoms with Crippen molar-refractivity contribution in [2.75, 3.05) is 6.54 Å². The van der Waals surface area contributed by atoms with Crippen molar-refractivity contribution in [1.82, 2.24) is 5.09 Å². The Kier molecular flexibility index (Phi) is 7.89. The number of rotatable bonds is 9. The van der Waals surface area contributed by atoms with Gasteiger partial charge in [-0.3, -0.25) is 9.88 Å². The molecule has 0 amide bonds. The molecule has 0 bridgehead atoms. The summed E-state index contributed by atoms with van der Waals surface area (Å²) in [6.07, 6.45) is 2.63. The predicted octanol–water partition coefficient (Wildman–Crippen LogP) is 6.29. The standard InChI is InChI=1S/C27H25ClNOPS/c1-20-22(18-27(19-30)32-20)16-23-17-24(28)13-12-21(23)14-15-29-31(25-8-4-2-5-9-25)26-10-6-3-7-11-26/h2-13,17-19,29H,14-16H2,1H3. The first-order valence-corrected chi connectivity index (χ1v) is 13.1. The minimum Gasteiger partial charge on any atom is -0.297 e. The highest BCUT2D eigenvalue weighted by Crippen LogP contribution is 2.29. The molecule has 0 unspecified atom stereocenters. The Morgan fingerprint density at radius 1 is 0.875 bits per heavy atom. The number of halogens is 1. The van der Waals surface area contributed by atoms with Crippen LogP contribution in [0.5, 0.6) is 0 Å². The average molecular weight is 478 g/mol. The Hall–Kier alpha value is -2.29. The molecule has 0 atom stereocenters. The number of nitrogens with one attached hydrogen (secondary N) is 1. The summed E-state index contributed by atoms with van der Waals surface area (Å²) in [7, 11) is -0.628. The molecule has 0 radical (unpaired) electrons. The zero-order chi connectivity index (χ0) is 22.3. The van der Waals surface area contributed by atoms with E-state index in [2.05, 4.69) is 84.8 Å². The van der Waals surface area contributed by atoms with Crippen LogP contribution in [0.1, 0.15) is 31.2 Å². The molecule has 0 aliphatic rings. The number of aryl methyl sites for hydroxylation is 1. The molecule has 0 aliphatic heterocycles. The van der Waals surface area contributed by atoms with Gasteiger partial charge in [-0.2, -0.15) is 0 Å². The fourth-order valence-electron chi connectivity index (χ4n) is 3.78. The lowest BCUT2D eigenvalue weighted by Gasteiger charge is -2.20. The van der Waals surface area contributed by atoms with Crippen molar-refractivity contribution in [1.29, 1.82) is 0 Å². The van der Waals surface area contributed by atoms with Gasteiger partial charge in [0.25, 0.3) is 0 Å². The van der Waals surface area contributed by atoms with Gasteiger partial charge >= 0.3 is 0 Å². The first-order valence-electron chi connectivity index (χ1n) is 10.6. The van der Waals surface area contributed by atoms with Gasteiger partial charge in [-0.15, -0.1) is 11.3 Å². The Morgan fingerprint density at radius 2 is 1.53 bits per heavy atom. The maximum atomic E-state index is 11.2. The lowest BCUT2D eigenvalue weighted by atomic mass is 9.98. The molecule has 3 aromatic carbocycles. The van der Waals surface area contributed by atoms with Crippen LogP contribution in [0.25, 0.3) is 0 Å². The monoisotopic (exact) mass is 477 g/mol. The van der Waals surface area contributed by atoms with Crippen molar-refractivity contribution in [2.45, 2.75) is 19.8 Å². The number of thiophene rings is 1.